The number of nitriles is 1. The van der Waals surface area contributed by atoms with E-state index >= 15 is 0 Å². The molecule has 1 rings (SSSR count). The standard InChI is InChI=1S/C8H5Cl2N3S2/c9-4-1-2-5(13-8(12)14)7(6(4)10)15-3-11/h1-2H,(H3,12,13,14). The molecule has 0 unspecified atom stereocenters. The second-order valence-corrected chi connectivity index (χ2v) is 4.44. The molecule has 0 aromatic heterocycles. The molecule has 0 heterocycles. The van der Waals surface area contributed by atoms with E-state index in [1.165, 1.54) is 0 Å². The highest BCUT2D eigenvalue weighted by Crippen LogP contribution is 2.38. The van der Waals surface area contributed by atoms with E-state index in [1.807, 2.05) is 5.40 Å². The topological polar surface area (TPSA) is 61.8 Å². The highest BCUT2D eigenvalue weighted by molar-refractivity contribution is 8.04. The Morgan fingerprint density at radius 3 is 2.73 bits per heavy atom. The van der Waals surface area contributed by atoms with Gasteiger partial charge in [0.15, 0.2) is 5.11 Å². The number of thiocyanates is 1. The largest absolute Gasteiger partial charge is 0.376 e. The van der Waals surface area contributed by atoms with Crippen LogP contribution in [0.5, 0.6) is 0 Å². The van der Waals surface area contributed by atoms with Gasteiger partial charge in [-0.15, -0.1) is 0 Å². The van der Waals surface area contributed by atoms with Gasteiger partial charge in [-0.3, -0.25) is 0 Å². The molecule has 0 aliphatic carbocycles. The number of thiocarbonyl (C=S) groups is 1. The van der Waals surface area contributed by atoms with E-state index in [2.05, 4.69) is 5.32 Å². The molecule has 1 aromatic rings. The zero-order valence-corrected chi connectivity index (χ0v) is 10.4. The fourth-order valence-electron chi connectivity index (χ4n) is 0.909. The number of benzene rings is 1. The van der Waals surface area contributed by atoms with E-state index in [0.29, 0.717) is 20.6 Å². The quantitative estimate of drug-likeness (QED) is 0.494. The fourth-order valence-corrected chi connectivity index (χ4v) is 2.03. The Balaban J connectivity index is 3.21. The molecule has 78 valence electrons. The number of nitrogens with two attached hydrogens (primary N) is 1. The molecule has 0 aliphatic heterocycles. The Labute approximate surface area is 107 Å². The average Bonchev–Trinajstić information content (AvgIpc) is 2.17. The van der Waals surface area contributed by atoms with Crippen LogP contribution in [-0.4, -0.2) is 5.11 Å². The zero-order chi connectivity index (χ0) is 11.4. The number of anilines is 1. The SMILES string of the molecule is N#CSc1c(NC(N)=S)ccc(Cl)c1Cl. The lowest BCUT2D eigenvalue weighted by Crippen LogP contribution is -2.19. The molecule has 0 fully saturated rings. The number of nitrogens with zero attached hydrogens (tertiary/aromatic N) is 1. The molecule has 3 N–H and O–H groups in total. The second kappa shape index (κ2) is 5.42. The molecule has 1 aromatic carbocycles. The van der Waals surface area contributed by atoms with Gasteiger partial charge >= 0.3 is 0 Å². The highest BCUT2D eigenvalue weighted by atomic mass is 35.5. The number of nitrogens with one attached hydrogen (secondary N) is 1. The first-order valence-electron chi connectivity index (χ1n) is 3.66. The van der Waals surface area contributed by atoms with Crippen molar-refractivity contribution in [3.05, 3.63) is 22.2 Å². The normalized spacial score (nSPS) is 9.40. The van der Waals surface area contributed by atoms with Crippen LogP contribution in [0.15, 0.2) is 17.0 Å². The van der Waals surface area contributed by atoms with Crippen molar-refractivity contribution in [2.24, 2.45) is 5.73 Å². The smallest absolute Gasteiger partial charge is 0.168 e. The van der Waals surface area contributed by atoms with Gasteiger partial charge in [0.1, 0.15) is 5.40 Å². The summed E-state index contributed by atoms with van der Waals surface area (Å²) >= 11 is 17.3. The summed E-state index contributed by atoms with van der Waals surface area (Å²) in [5.41, 5.74) is 5.90. The van der Waals surface area contributed by atoms with E-state index in [1.54, 1.807) is 12.1 Å². The van der Waals surface area contributed by atoms with Gasteiger partial charge in [-0.25, -0.2) is 0 Å². The summed E-state index contributed by atoms with van der Waals surface area (Å²) in [5, 5.41) is 14.0. The third-order valence-electron chi connectivity index (χ3n) is 1.46. The lowest BCUT2D eigenvalue weighted by Gasteiger charge is -2.10. The minimum atomic E-state index is 0.105. The Morgan fingerprint density at radius 2 is 2.20 bits per heavy atom. The van der Waals surface area contributed by atoms with E-state index < -0.39 is 0 Å². The number of halogens is 2. The van der Waals surface area contributed by atoms with Crippen LogP contribution in [0.4, 0.5) is 5.69 Å². The van der Waals surface area contributed by atoms with Crippen molar-refractivity contribution in [3.63, 3.8) is 0 Å². The van der Waals surface area contributed by atoms with Gasteiger partial charge in [0.05, 0.1) is 20.6 Å². The molecule has 0 amide bonds. The van der Waals surface area contributed by atoms with Crippen molar-refractivity contribution in [1.82, 2.24) is 0 Å². The number of hydrogen-bond donors (Lipinski definition) is 2. The van der Waals surface area contributed by atoms with Crippen molar-refractivity contribution in [3.8, 4) is 5.40 Å². The van der Waals surface area contributed by atoms with Crippen LogP contribution in [0.1, 0.15) is 0 Å². The van der Waals surface area contributed by atoms with Gasteiger partial charge in [-0.2, -0.15) is 5.26 Å². The molecule has 0 radical (unpaired) electrons. The van der Waals surface area contributed by atoms with E-state index in [-0.39, 0.29) is 5.11 Å². The van der Waals surface area contributed by atoms with Gasteiger partial charge in [-0.1, -0.05) is 23.2 Å². The van der Waals surface area contributed by atoms with E-state index in [4.69, 9.17) is 46.4 Å². The summed E-state index contributed by atoms with van der Waals surface area (Å²) in [4.78, 5) is 0.513. The summed E-state index contributed by atoms with van der Waals surface area (Å²) in [7, 11) is 0. The number of rotatable bonds is 2. The third-order valence-corrected chi connectivity index (χ3v) is 3.19. The van der Waals surface area contributed by atoms with Crippen molar-refractivity contribution >= 4 is 58.0 Å². The predicted molar refractivity (Wildman–Crippen MR) is 68.3 cm³/mol. The molecular formula is C8H5Cl2N3S2. The van der Waals surface area contributed by atoms with Crippen molar-refractivity contribution < 1.29 is 0 Å². The van der Waals surface area contributed by atoms with Gasteiger partial charge in [0, 0.05) is 0 Å². The maximum absolute atomic E-state index is 8.61. The molecule has 0 atom stereocenters. The summed E-state index contributed by atoms with van der Waals surface area (Å²) < 4.78 is 0. The summed E-state index contributed by atoms with van der Waals surface area (Å²) in [5.74, 6) is 0. The Hall–Kier alpha value is -0.670. The summed E-state index contributed by atoms with van der Waals surface area (Å²) in [6.45, 7) is 0. The van der Waals surface area contributed by atoms with Crippen molar-refractivity contribution in [2.45, 2.75) is 4.90 Å². The van der Waals surface area contributed by atoms with Crippen LogP contribution < -0.4 is 11.1 Å². The predicted octanol–water partition coefficient (Wildman–Crippen LogP) is 3.22. The summed E-state index contributed by atoms with van der Waals surface area (Å²) in [6.07, 6.45) is 0. The fraction of sp³-hybridized carbons (Fsp3) is 0. The van der Waals surface area contributed by atoms with E-state index in [0.717, 1.165) is 11.8 Å². The molecule has 15 heavy (non-hydrogen) atoms. The molecule has 0 saturated heterocycles. The third kappa shape index (κ3) is 3.14. The van der Waals surface area contributed by atoms with Gasteiger partial charge in [0.25, 0.3) is 0 Å². The average molecular weight is 278 g/mol. The first kappa shape index (κ1) is 12.4. The highest BCUT2D eigenvalue weighted by Gasteiger charge is 2.11. The molecule has 3 nitrogen and oxygen atoms in total. The van der Waals surface area contributed by atoms with Crippen LogP contribution in [0, 0.1) is 10.7 Å². The van der Waals surface area contributed by atoms with Crippen LogP contribution in [0.25, 0.3) is 0 Å². The molecule has 0 bridgehead atoms. The van der Waals surface area contributed by atoms with Crippen LogP contribution >= 0.6 is 47.2 Å². The summed E-state index contributed by atoms with van der Waals surface area (Å²) in [6, 6.07) is 3.26. The molecule has 0 saturated carbocycles. The van der Waals surface area contributed by atoms with Crippen LogP contribution in [0.2, 0.25) is 10.0 Å². The maximum Gasteiger partial charge on any atom is 0.168 e. The zero-order valence-electron chi connectivity index (χ0n) is 7.25. The van der Waals surface area contributed by atoms with E-state index in [9.17, 15) is 0 Å². The molecule has 7 heteroatoms. The Bertz CT molecular complexity index is 442. The monoisotopic (exact) mass is 277 g/mol. The molecular weight excluding hydrogens is 273 g/mol. The maximum atomic E-state index is 8.61. The Morgan fingerprint density at radius 1 is 1.53 bits per heavy atom. The number of hydrogen-bond acceptors (Lipinski definition) is 3. The molecule has 0 spiro atoms. The lowest BCUT2D eigenvalue weighted by atomic mass is 10.3. The second-order valence-electron chi connectivity index (χ2n) is 2.42. The first-order chi connectivity index (χ1) is 7.06. The van der Waals surface area contributed by atoms with Crippen LogP contribution in [-0.2, 0) is 0 Å². The van der Waals surface area contributed by atoms with Gasteiger partial charge < -0.3 is 11.1 Å². The van der Waals surface area contributed by atoms with Crippen LogP contribution in [0.3, 0.4) is 0 Å². The van der Waals surface area contributed by atoms with Crippen molar-refractivity contribution in [1.29, 1.82) is 5.26 Å². The Kier molecular flexibility index (Phi) is 4.48. The first-order valence-corrected chi connectivity index (χ1v) is 5.64. The number of thioether (sulfide) groups is 1. The minimum Gasteiger partial charge on any atom is -0.376 e. The van der Waals surface area contributed by atoms with Crippen molar-refractivity contribution in [2.75, 3.05) is 5.32 Å². The molecule has 0 aliphatic rings. The minimum absolute atomic E-state index is 0.105. The lowest BCUT2D eigenvalue weighted by molar-refractivity contribution is 1.44. The van der Waals surface area contributed by atoms with Gasteiger partial charge in [0.2, 0.25) is 0 Å². The van der Waals surface area contributed by atoms with Gasteiger partial charge in [-0.05, 0) is 36.1 Å².